The lowest BCUT2D eigenvalue weighted by molar-refractivity contribution is -0.194. The maximum absolute atomic E-state index is 12.9. The van der Waals surface area contributed by atoms with Crippen LogP contribution in [0.25, 0.3) is 0 Å². The van der Waals surface area contributed by atoms with Gasteiger partial charge in [-0.1, -0.05) is 141 Å². The number of carbonyl (C=O) groups excluding carboxylic acids is 2. The van der Waals surface area contributed by atoms with E-state index in [1.807, 2.05) is 0 Å². The molecule has 18 heteroatoms. The van der Waals surface area contributed by atoms with Crippen LogP contribution in [0.15, 0.2) is 24.3 Å². The van der Waals surface area contributed by atoms with E-state index in [2.05, 4.69) is 38.2 Å². The number of aliphatic hydroxyl groups is 2. The van der Waals surface area contributed by atoms with Crippen LogP contribution in [0.5, 0.6) is 0 Å². The first kappa shape index (κ1) is 78.9. The molecule has 2 atom stereocenters. The van der Waals surface area contributed by atoms with Gasteiger partial charge in [-0.15, -0.1) is 0 Å². The SMILES string of the molecule is CCCCCCCC/C=C\CCCCCCCC(=O)OCC(COC(CO)OCCOCCOCCOCCOCCOCCOCCOCCOCCOCCOCCO)OC(=O)CCCCCCC/C=C\CCCCCCCC. The second kappa shape index (κ2) is 70.3. The zero-order valence-electron chi connectivity index (χ0n) is 51.4. The predicted octanol–water partition coefficient (Wildman–Crippen LogP) is 11.0. The number of esters is 2. The number of allylic oxidation sites excluding steroid dienone is 4. The Bertz CT molecular complexity index is 1290. The summed E-state index contributed by atoms with van der Waals surface area (Å²) in [6, 6.07) is 0. The fraction of sp³-hybridized carbons (Fsp3) is 0.905. The van der Waals surface area contributed by atoms with Gasteiger partial charge in [0.05, 0.1) is 159 Å². The van der Waals surface area contributed by atoms with Crippen molar-refractivity contribution in [2.75, 3.05) is 165 Å². The summed E-state index contributed by atoms with van der Waals surface area (Å²) in [6.07, 6.45) is 38.7. The molecule has 0 radical (unpaired) electrons. The molecule has 0 aliphatic rings. The van der Waals surface area contributed by atoms with E-state index in [1.165, 1.54) is 89.9 Å². The second-order valence-electron chi connectivity index (χ2n) is 20.1. The van der Waals surface area contributed by atoms with E-state index in [0.717, 1.165) is 77.0 Å². The Morgan fingerprint density at radius 1 is 0.333 bits per heavy atom. The Morgan fingerprint density at radius 2 is 0.630 bits per heavy atom. The van der Waals surface area contributed by atoms with Crippen molar-refractivity contribution in [2.45, 2.75) is 206 Å². The van der Waals surface area contributed by atoms with Crippen molar-refractivity contribution in [1.82, 2.24) is 0 Å². The molecule has 0 aromatic carbocycles. The summed E-state index contributed by atoms with van der Waals surface area (Å²) in [5.74, 6) is -0.688. The van der Waals surface area contributed by atoms with Gasteiger partial charge in [-0.25, -0.2) is 0 Å². The minimum atomic E-state index is -0.973. The summed E-state index contributed by atoms with van der Waals surface area (Å²) in [6.45, 7) is 12.8. The molecule has 18 nitrogen and oxygen atoms in total. The molecular weight excluding hydrogens is 1040 g/mol. The highest BCUT2D eigenvalue weighted by atomic mass is 16.7. The summed E-state index contributed by atoms with van der Waals surface area (Å²) >= 11 is 0. The summed E-state index contributed by atoms with van der Waals surface area (Å²) in [4.78, 5) is 25.6. The van der Waals surface area contributed by atoms with E-state index >= 15 is 0 Å². The van der Waals surface area contributed by atoms with Gasteiger partial charge < -0.3 is 76.5 Å². The van der Waals surface area contributed by atoms with Crippen molar-refractivity contribution in [3.63, 3.8) is 0 Å². The topological polar surface area (TPSA) is 204 Å². The Labute approximate surface area is 491 Å². The normalized spacial score (nSPS) is 12.6. The van der Waals surface area contributed by atoms with Crippen LogP contribution in [0.1, 0.15) is 194 Å². The summed E-state index contributed by atoms with van der Waals surface area (Å²) in [7, 11) is 0. The number of hydrogen-bond acceptors (Lipinski definition) is 18. The quantitative estimate of drug-likeness (QED) is 0.0251. The third kappa shape index (κ3) is 66.9. The Kier molecular flexibility index (Phi) is 68.5. The predicted molar refractivity (Wildman–Crippen MR) is 318 cm³/mol. The van der Waals surface area contributed by atoms with Gasteiger partial charge in [0.1, 0.15) is 6.61 Å². The van der Waals surface area contributed by atoms with Crippen LogP contribution in [-0.4, -0.2) is 200 Å². The molecule has 0 spiro atoms. The van der Waals surface area contributed by atoms with Crippen LogP contribution in [0, 0.1) is 0 Å². The molecule has 0 rings (SSSR count). The number of aliphatic hydroxyl groups excluding tert-OH is 2. The minimum absolute atomic E-state index is 0.0131. The van der Waals surface area contributed by atoms with Crippen LogP contribution in [0.2, 0.25) is 0 Å². The molecule has 0 saturated heterocycles. The molecule has 0 aromatic heterocycles. The average Bonchev–Trinajstić information content (AvgIpc) is 3.47. The number of unbranched alkanes of at least 4 members (excludes halogenated alkanes) is 22. The van der Waals surface area contributed by atoms with Gasteiger partial charge in [0.2, 0.25) is 0 Å². The van der Waals surface area contributed by atoms with E-state index in [1.54, 1.807) is 0 Å². The van der Waals surface area contributed by atoms with Crippen LogP contribution in [0.4, 0.5) is 0 Å². The smallest absolute Gasteiger partial charge is 0.306 e. The Morgan fingerprint density at radius 3 is 0.963 bits per heavy atom. The molecule has 0 aromatic rings. The zero-order chi connectivity index (χ0) is 58.5. The highest BCUT2D eigenvalue weighted by Gasteiger charge is 2.20. The standard InChI is InChI=1S/C63H120O18/c1-3-5-7-9-11-13-15-17-19-21-23-25-27-29-31-33-61(66)79-58-60(81-62(67)34-32-30-28-26-24-22-20-18-16-14-12-10-8-6-4-2)59-80-63(57-65)78-56-55-77-54-53-76-52-51-75-50-49-74-48-47-73-46-45-72-44-43-71-42-41-70-40-39-69-38-37-68-36-35-64/h17-20,60,63-65H,3-16,21-59H2,1-2H3/b19-17-,20-18-. The summed E-state index contributed by atoms with van der Waals surface area (Å²) < 4.78 is 77.5. The van der Waals surface area contributed by atoms with Crippen molar-refractivity contribution in [3.8, 4) is 0 Å². The monoisotopic (exact) mass is 1160 g/mol. The van der Waals surface area contributed by atoms with Crippen molar-refractivity contribution in [3.05, 3.63) is 24.3 Å². The molecule has 480 valence electrons. The van der Waals surface area contributed by atoms with Crippen molar-refractivity contribution < 1.29 is 86.1 Å². The molecule has 0 fully saturated rings. The fourth-order valence-electron chi connectivity index (χ4n) is 8.05. The first-order valence-corrected chi connectivity index (χ1v) is 31.9. The number of rotatable bonds is 70. The van der Waals surface area contributed by atoms with Gasteiger partial charge >= 0.3 is 11.9 Å². The molecule has 0 bridgehead atoms. The Hall–Kier alpha value is -2.14. The molecule has 0 heterocycles. The third-order valence-corrected chi connectivity index (χ3v) is 12.7. The Balaban J connectivity index is 4.19. The average molecular weight is 1170 g/mol. The van der Waals surface area contributed by atoms with Gasteiger partial charge in [-0.2, -0.15) is 0 Å². The molecule has 81 heavy (non-hydrogen) atoms. The molecule has 0 aliphatic heterocycles. The van der Waals surface area contributed by atoms with Crippen molar-refractivity contribution in [2.24, 2.45) is 0 Å². The van der Waals surface area contributed by atoms with E-state index in [-0.39, 0.29) is 51.4 Å². The van der Waals surface area contributed by atoms with E-state index < -0.39 is 19.0 Å². The van der Waals surface area contributed by atoms with E-state index in [0.29, 0.717) is 132 Å². The number of ether oxygens (including phenoxy) is 14. The lowest BCUT2D eigenvalue weighted by Gasteiger charge is -2.22. The molecule has 0 amide bonds. The molecule has 0 aliphatic carbocycles. The van der Waals surface area contributed by atoms with E-state index in [9.17, 15) is 14.7 Å². The molecule has 2 N–H and O–H groups in total. The third-order valence-electron chi connectivity index (χ3n) is 12.7. The maximum atomic E-state index is 12.9. The van der Waals surface area contributed by atoms with Crippen LogP contribution >= 0.6 is 0 Å². The lowest BCUT2D eigenvalue weighted by Crippen LogP contribution is -2.34. The van der Waals surface area contributed by atoms with E-state index in [4.69, 9.17) is 71.4 Å². The largest absolute Gasteiger partial charge is 0.462 e. The van der Waals surface area contributed by atoms with Gasteiger partial charge in [0.25, 0.3) is 0 Å². The maximum Gasteiger partial charge on any atom is 0.306 e. The van der Waals surface area contributed by atoms with Crippen LogP contribution < -0.4 is 0 Å². The van der Waals surface area contributed by atoms with Gasteiger partial charge in [0, 0.05) is 12.8 Å². The first-order chi connectivity index (χ1) is 40.1. The number of carbonyl (C=O) groups is 2. The fourth-order valence-corrected chi connectivity index (χ4v) is 8.05. The van der Waals surface area contributed by atoms with Crippen LogP contribution in [-0.2, 0) is 75.9 Å². The van der Waals surface area contributed by atoms with Gasteiger partial charge in [-0.05, 0) is 64.2 Å². The number of hydrogen-bond donors (Lipinski definition) is 2. The summed E-state index contributed by atoms with van der Waals surface area (Å²) in [5, 5.41) is 18.6. The second-order valence-corrected chi connectivity index (χ2v) is 20.1. The van der Waals surface area contributed by atoms with Gasteiger partial charge in [0.15, 0.2) is 12.4 Å². The first-order valence-electron chi connectivity index (χ1n) is 31.9. The van der Waals surface area contributed by atoms with Crippen LogP contribution in [0.3, 0.4) is 0 Å². The zero-order valence-corrected chi connectivity index (χ0v) is 51.4. The molecule has 0 saturated carbocycles. The lowest BCUT2D eigenvalue weighted by atomic mass is 10.1. The highest BCUT2D eigenvalue weighted by molar-refractivity contribution is 5.70. The molecular formula is C63H120O18. The van der Waals surface area contributed by atoms with Crippen molar-refractivity contribution in [1.29, 1.82) is 0 Å². The minimum Gasteiger partial charge on any atom is -0.462 e. The van der Waals surface area contributed by atoms with Gasteiger partial charge in [-0.3, -0.25) is 9.59 Å². The molecule has 2 unspecified atom stereocenters. The highest BCUT2D eigenvalue weighted by Crippen LogP contribution is 2.14. The summed E-state index contributed by atoms with van der Waals surface area (Å²) in [5.41, 5.74) is 0. The van der Waals surface area contributed by atoms with Crippen molar-refractivity contribution >= 4 is 11.9 Å².